The molecule has 1 aromatic heterocycles. The van der Waals surface area contributed by atoms with E-state index >= 15 is 0 Å². The van der Waals surface area contributed by atoms with Gasteiger partial charge in [0.2, 0.25) is 5.91 Å². The molecule has 0 bridgehead atoms. The first-order valence-corrected chi connectivity index (χ1v) is 7.46. The Bertz CT molecular complexity index is 606. The van der Waals surface area contributed by atoms with Crippen molar-refractivity contribution in [3.8, 4) is 0 Å². The van der Waals surface area contributed by atoms with E-state index in [1.165, 1.54) is 5.69 Å². The van der Waals surface area contributed by atoms with Crippen LogP contribution in [-0.4, -0.2) is 28.9 Å². The molecule has 3 rings (SSSR count). The number of aryl methyl sites for hydroxylation is 1. The molecule has 1 aliphatic rings. The highest BCUT2D eigenvalue weighted by Crippen LogP contribution is 2.30. The molecule has 110 valence electrons. The number of carbonyl (C=O) groups excluding carboxylic acids is 1. The van der Waals surface area contributed by atoms with Gasteiger partial charge in [0.1, 0.15) is 0 Å². The number of aromatic nitrogens is 1. The van der Waals surface area contributed by atoms with Crippen molar-refractivity contribution in [3.63, 3.8) is 0 Å². The van der Waals surface area contributed by atoms with Gasteiger partial charge in [-0.2, -0.15) is 0 Å². The van der Waals surface area contributed by atoms with Crippen LogP contribution < -0.4 is 5.32 Å². The number of benzene rings is 1. The van der Waals surface area contributed by atoms with Crippen molar-refractivity contribution in [1.82, 2.24) is 9.88 Å². The van der Waals surface area contributed by atoms with E-state index in [-0.39, 0.29) is 5.91 Å². The first-order valence-electron chi connectivity index (χ1n) is 7.46. The highest BCUT2D eigenvalue weighted by molar-refractivity contribution is 5.92. The molecule has 1 aliphatic heterocycles. The Hall–Kier alpha value is -2.07. The Morgan fingerprint density at radius 3 is 3.05 bits per heavy atom. The molecule has 1 unspecified atom stereocenters. The molecule has 4 heteroatoms. The van der Waals surface area contributed by atoms with Crippen molar-refractivity contribution in [3.05, 3.63) is 53.9 Å². The van der Waals surface area contributed by atoms with E-state index in [4.69, 9.17) is 0 Å². The number of hydrogen-bond acceptors (Lipinski definition) is 2. The zero-order chi connectivity index (χ0) is 14.7. The molecule has 21 heavy (non-hydrogen) atoms. The Labute approximate surface area is 125 Å². The molecular weight excluding hydrogens is 262 g/mol. The lowest BCUT2D eigenvalue weighted by Gasteiger charge is -2.23. The zero-order valence-electron chi connectivity index (χ0n) is 12.3. The number of anilines is 1. The highest BCUT2D eigenvalue weighted by Gasteiger charge is 2.28. The predicted octanol–water partition coefficient (Wildman–Crippen LogP) is 3.10. The minimum atomic E-state index is 0.0547. The van der Waals surface area contributed by atoms with Crippen molar-refractivity contribution in [2.75, 3.05) is 18.4 Å². The Balaban J connectivity index is 1.62. The minimum absolute atomic E-state index is 0.0547. The molecule has 1 saturated heterocycles. The number of rotatable bonds is 4. The fourth-order valence-corrected chi connectivity index (χ4v) is 3.03. The molecular formula is C17H21N3O. The lowest BCUT2D eigenvalue weighted by Crippen LogP contribution is -2.33. The summed E-state index contributed by atoms with van der Waals surface area (Å²) in [7, 11) is 0. The standard InChI is InChI=1S/C17H21N3O/c1-13-5-2-6-14(11-13)19-17(21)12-20-10-4-8-16(20)15-7-3-9-18-15/h2-3,5-7,9,11,16,18H,4,8,10,12H2,1H3,(H,19,21). The summed E-state index contributed by atoms with van der Waals surface area (Å²) in [6.45, 7) is 3.44. The van der Waals surface area contributed by atoms with E-state index in [0.29, 0.717) is 12.6 Å². The second-order valence-electron chi connectivity index (χ2n) is 5.67. The van der Waals surface area contributed by atoms with E-state index in [1.54, 1.807) is 0 Å². The van der Waals surface area contributed by atoms with Crippen LogP contribution in [0.3, 0.4) is 0 Å². The van der Waals surface area contributed by atoms with Crippen molar-refractivity contribution >= 4 is 11.6 Å². The van der Waals surface area contributed by atoms with Crippen LogP contribution in [0.2, 0.25) is 0 Å². The van der Waals surface area contributed by atoms with Gasteiger partial charge >= 0.3 is 0 Å². The van der Waals surface area contributed by atoms with E-state index < -0.39 is 0 Å². The molecule has 0 aliphatic carbocycles. The van der Waals surface area contributed by atoms with Crippen LogP contribution >= 0.6 is 0 Å². The summed E-state index contributed by atoms with van der Waals surface area (Å²) in [5.74, 6) is 0.0547. The normalized spacial score (nSPS) is 18.8. The highest BCUT2D eigenvalue weighted by atomic mass is 16.2. The smallest absolute Gasteiger partial charge is 0.238 e. The van der Waals surface area contributed by atoms with Gasteiger partial charge in [-0.05, 0) is 56.1 Å². The summed E-state index contributed by atoms with van der Waals surface area (Å²) in [5, 5.41) is 2.98. The monoisotopic (exact) mass is 283 g/mol. The third kappa shape index (κ3) is 3.34. The summed E-state index contributed by atoms with van der Waals surface area (Å²) in [5.41, 5.74) is 3.23. The van der Waals surface area contributed by atoms with Gasteiger partial charge in [0.15, 0.2) is 0 Å². The van der Waals surface area contributed by atoms with Gasteiger partial charge in [-0.1, -0.05) is 12.1 Å². The maximum Gasteiger partial charge on any atom is 0.238 e. The summed E-state index contributed by atoms with van der Waals surface area (Å²) >= 11 is 0. The molecule has 2 heterocycles. The Morgan fingerprint density at radius 2 is 2.29 bits per heavy atom. The van der Waals surface area contributed by atoms with Gasteiger partial charge in [-0.25, -0.2) is 0 Å². The van der Waals surface area contributed by atoms with E-state index in [9.17, 15) is 4.79 Å². The van der Waals surface area contributed by atoms with Crippen LogP contribution in [0.5, 0.6) is 0 Å². The topological polar surface area (TPSA) is 48.1 Å². The van der Waals surface area contributed by atoms with Gasteiger partial charge in [0, 0.05) is 17.6 Å². The first kappa shape index (κ1) is 13.9. The molecule has 0 saturated carbocycles. The number of nitrogens with one attached hydrogen (secondary N) is 2. The molecule has 1 amide bonds. The Kier molecular flexibility index (Phi) is 4.06. The second kappa shape index (κ2) is 6.14. The van der Waals surface area contributed by atoms with Crippen molar-refractivity contribution in [2.45, 2.75) is 25.8 Å². The average Bonchev–Trinajstić information content (AvgIpc) is 3.08. The molecule has 2 aromatic rings. The van der Waals surface area contributed by atoms with Gasteiger partial charge in [-0.3, -0.25) is 9.69 Å². The third-order valence-corrected chi connectivity index (χ3v) is 3.99. The van der Waals surface area contributed by atoms with Crippen LogP contribution in [-0.2, 0) is 4.79 Å². The van der Waals surface area contributed by atoms with Crippen LogP contribution in [0, 0.1) is 6.92 Å². The number of likely N-dealkylation sites (tertiary alicyclic amines) is 1. The number of H-pyrrole nitrogens is 1. The van der Waals surface area contributed by atoms with Gasteiger partial charge in [-0.15, -0.1) is 0 Å². The first-order chi connectivity index (χ1) is 10.2. The minimum Gasteiger partial charge on any atom is -0.364 e. The maximum absolute atomic E-state index is 12.2. The van der Waals surface area contributed by atoms with Crippen molar-refractivity contribution in [2.24, 2.45) is 0 Å². The van der Waals surface area contributed by atoms with Crippen molar-refractivity contribution < 1.29 is 4.79 Å². The fourth-order valence-electron chi connectivity index (χ4n) is 3.03. The molecule has 2 N–H and O–H groups in total. The van der Waals surface area contributed by atoms with Gasteiger partial charge in [0.25, 0.3) is 0 Å². The third-order valence-electron chi connectivity index (χ3n) is 3.99. The maximum atomic E-state index is 12.2. The fraction of sp³-hybridized carbons (Fsp3) is 0.353. The van der Waals surface area contributed by atoms with Gasteiger partial charge in [0.05, 0.1) is 12.6 Å². The number of aromatic amines is 1. The summed E-state index contributed by atoms with van der Waals surface area (Å²) < 4.78 is 0. The molecule has 4 nitrogen and oxygen atoms in total. The van der Waals surface area contributed by atoms with Crippen LogP contribution in [0.4, 0.5) is 5.69 Å². The predicted molar refractivity (Wildman–Crippen MR) is 84.1 cm³/mol. The lowest BCUT2D eigenvalue weighted by molar-refractivity contribution is -0.117. The average molecular weight is 283 g/mol. The number of hydrogen-bond donors (Lipinski definition) is 2. The molecule has 0 spiro atoms. The molecule has 1 fully saturated rings. The SMILES string of the molecule is Cc1cccc(NC(=O)CN2CCCC2c2ccc[nH]2)c1. The second-order valence-corrected chi connectivity index (χ2v) is 5.67. The molecule has 0 radical (unpaired) electrons. The summed E-state index contributed by atoms with van der Waals surface area (Å²) in [4.78, 5) is 17.7. The van der Waals surface area contributed by atoms with Gasteiger partial charge < -0.3 is 10.3 Å². The lowest BCUT2D eigenvalue weighted by atomic mass is 10.1. The largest absolute Gasteiger partial charge is 0.364 e. The van der Waals surface area contributed by atoms with Crippen LogP contribution in [0.25, 0.3) is 0 Å². The Morgan fingerprint density at radius 1 is 1.38 bits per heavy atom. The van der Waals surface area contributed by atoms with E-state index in [1.807, 2.05) is 43.5 Å². The van der Waals surface area contributed by atoms with Crippen LogP contribution in [0.1, 0.15) is 30.1 Å². The van der Waals surface area contributed by atoms with Crippen LogP contribution in [0.15, 0.2) is 42.6 Å². The summed E-state index contributed by atoms with van der Waals surface area (Å²) in [6.07, 6.45) is 4.19. The summed E-state index contributed by atoms with van der Waals surface area (Å²) in [6, 6.07) is 12.4. The van der Waals surface area contributed by atoms with E-state index in [0.717, 1.165) is 30.6 Å². The van der Waals surface area contributed by atoms with Crippen molar-refractivity contribution in [1.29, 1.82) is 0 Å². The number of carbonyl (C=O) groups is 1. The van der Waals surface area contributed by atoms with E-state index in [2.05, 4.69) is 21.3 Å². The number of nitrogens with zero attached hydrogens (tertiary/aromatic N) is 1. The molecule has 1 atom stereocenters. The quantitative estimate of drug-likeness (QED) is 0.906. The molecule has 1 aromatic carbocycles. The zero-order valence-corrected chi connectivity index (χ0v) is 12.3. The number of amides is 1.